The van der Waals surface area contributed by atoms with Crippen LogP contribution < -0.4 is 4.90 Å². The summed E-state index contributed by atoms with van der Waals surface area (Å²) in [6.07, 6.45) is 7.54. The van der Waals surface area contributed by atoms with Gasteiger partial charge in [0.25, 0.3) is 5.91 Å². The Balaban J connectivity index is 1.64. The number of unbranched alkanes of at least 4 members (excludes halogenated alkanes) is 3. The van der Waals surface area contributed by atoms with Gasteiger partial charge in [0.2, 0.25) is 5.91 Å². The molecule has 2 bridgehead atoms. The smallest absolute Gasteiger partial charge is 0.312 e. The first-order chi connectivity index (χ1) is 18.4. The first-order valence-corrected chi connectivity index (χ1v) is 13.8. The van der Waals surface area contributed by atoms with Crippen LogP contribution in [0.25, 0.3) is 0 Å². The van der Waals surface area contributed by atoms with E-state index in [1.807, 2.05) is 6.08 Å². The van der Waals surface area contributed by atoms with E-state index in [2.05, 4.69) is 13.2 Å². The molecule has 1 spiro atoms. The van der Waals surface area contributed by atoms with E-state index in [4.69, 9.17) is 21.1 Å². The fourth-order valence-electron chi connectivity index (χ4n) is 6.21. The molecule has 38 heavy (non-hydrogen) atoms. The Bertz CT molecular complexity index is 1050. The number of halogens is 1. The summed E-state index contributed by atoms with van der Waals surface area (Å²) in [6, 6.07) is 6.03. The lowest BCUT2D eigenvalue weighted by atomic mass is 9.70. The second-order valence-corrected chi connectivity index (χ2v) is 10.6. The Hall–Kier alpha value is -2.68. The molecule has 1 aromatic carbocycles. The molecule has 2 unspecified atom stereocenters. The molecule has 3 fully saturated rings. The minimum Gasteiger partial charge on any atom is -0.465 e. The van der Waals surface area contributed by atoms with Crippen LogP contribution in [-0.4, -0.2) is 71.8 Å². The van der Waals surface area contributed by atoms with Crippen molar-refractivity contribution in [2.75, 3.05) is 31.2 Å². The zero-order valence-electron chi connectivity index (χ0n) is 21.7. The average Bonchev–Trinajstić information content (AvgIpc) is 3.55. The minimum atomic E-state index is -1.10. The summed E-state index contributed by atoms with van der Waals surface area (Å²) in [5, 5.41) is 9.88. The zero-order valence-corrected chi connectivity index (χ0v) is 22.5. The van der Waals surface area contributed by atoms with Crippen molar-refractivity contribution in [3.63, 3.8) is 0 Å². The summed E-state index contributed by atoms with van der Waals surface area (Å²) in [5.74, 6) is -2.49. The molecule has 3 saturated heterocycles. The normalized spacial score (nSPS) is 27.3. The third-order valence-corrected chi connectivity index (χ3v) is 8.13. The van der Waals surface area contributed by atoms with Crippen LogP contribution in [0.1, 0.15) is 44.9 Å². The van der Waals surface area contributed by atoms with Gasteiger partial charge in [-0.25, -0.2) is 0 Å². The van der Waals surface area contributed by atoms with Crippen molar-refractivity contribution in [2.45, 2.75) is 62.7 Å². The molecule has 5 atom stereocenters. The molecule has 0 radical (unpaired) electrons. The molecule has 206 valence electrons. The third-order valence-electron chi connectivity index (χ3n) is 7.88. The molecular weight excluding hydrogens is 508 g/mol. The van der Waals surface area contributed by atoms with Crippen LogP contribution in [0, 0.1) is 11.8 Å². The number of aliphatic hydroxyl groups is 1. The van der Waals surface area contributed by atoms with Crippen LogP contribution in [0.3, 0.4) is 0 Å². The molecule has 3 heterocycles. The van der Waals surface area contributed by atoms with Crippen molar-refractivity contribution in [3.05, 3.63) is 54.6 Å². The summed E-state index contributed by atoms with van der Waals surface area (Å²) in [7, 11) is 0. The van der Waals surface area contributed by atoms with Gasteiger partial charge < -0.3 is 24.4 Å². The van der Waals surface area contributed by atoms with Gasteiger partial charge in [-0.2, -0.15) is 0 Å². The molecule has 3 aliphatic rings. The lowest BCUT2D eigenvalue weighted by Gasteiger charge is -2.36. The molecule has 3 aliphatic heterocycles. The van der Waals surface area contributed by atoms with Gasteiger partial charge >= 0.3 is 5.97 Å². The lowest BCUT2D eigenvalue weighted by Crippen LogP contribution is -2.56. The summed E-state index contributed by atoms with van der Waals surface area (Å²) in [6.45, 7) is 8.30. The number of anilines is 1. The van der Waals surface area contributed by atoms with E-state index in [1.165, 1.54) is 0 Å². The van der Waals surface area contributed by atoms with E-state index in [0.29, 0.717) is 42.8 Å². The summed E-state index contributed by atoms with van der Waals surface area (Å²) in [5.41, 5.74) is -0.471. The molecule has 0 aromatic heterocycles. The second-order valence-electron chi connectivity index (χ2n) is 10.2. The molecular formula is C29H37ClN2O6. The van der Waals surface area contributed by atoms with Gasteiger partial charge in [0.1, 0.15) is 11.6 Å². The number of likely N-dealkylation sites (tertiary alicyclic amines) is 1. The van der Waals surface area contributed by atoms with Crippen LogP contribution in [0.4, 0.5) is 5.69 Å². The fraction of sp³-hybridized carbons (Fsp3) is 0.552. The molecule has 1 aromatic rings. The summed E-state index contributed by atoms with van der Waals surface area (Å²) >= 11 is 6.08. The van der Waals surface area contributed by atoms with Gasteiger partial charge in [-0.15, -0.1) is 13.2 Å². The Morgan fingerprint density at radius 2 is 1.95 bits per heavy atom. The molecule has 0 saturated carbocycles. The maximum Gasteiger partial charge on any atom is 0.312 e. The molecule has 0 aliphatic carbocycles. The van der Waals surface area contributed by atoms with Gasteiger partial charge in [0.05, 0.1) is 24.5 Å². The quantitative estimate of drug-likeness (QED) is 0.217. The highest BCUT2D eigenvalue weighted by molar-refractivity contribution is 6.30. The van der Waals surface area contributed by atoms with Gasteiger partial charge in [-0.1, -0.05) is 23.8 Å². The maximum absolute atomic E-state index is 14.3. The van der Waals surface area contributed by atoms with E-state index in [-0.39, 0.29) is 38.1 Å². The van der Waals surface area contributed by atoms with Gasteiger partial charge in [-0.05, 0) is 69.2 Å². The van der Waals surface area contributed by atoms with Crippen LogP contribution in [0.15, 0.2) is 49.6 Å². The number of allylic oxidation sites excluding steroid dienone is 1. The number of fused-ring (bicyclic) bond motifs is 1. The second kappa shape index (κ2) is 12.5. The standard InChI is InChI=1S/C29H37ClN2O6/c1-3-5-6-9-19-37-28(36)23-22-14-15-29(38-22)24(23)26(34)32(17-7-8-18-33)25(29)27(35)31(16-4-2)21-12-10-20(30)11-13-21/h3-4,10-13,22-25,33H,1-2,5-9,14-19H2/t22-,23+,24+,25?,29?/m1/s1. The van der Waals surface area contributed by atoms with E-state index in [0.717, 1.165) is 12.8 Å². The predicted molar refractivity (Wildman–Crippen MR) is 145 cm³/mol. The predicted octanol–water partition coefficient (Wildman–Crippen LogP) is 3.91. The Morgan fingerprint density at radius 1 is 1.18 bits per heavy atom. The Morgan fingerprint density at radius 3 is 2.63 bits per heavy atom. The Labute approximate surface area is 229 Å². The number of ether oxygens (including phenoxy) is 2. The first-order valence-electron chi connectivity index (χ1n) is 13.4. The molecule has 2 amide bonds. The van der Waals surface area contributed by atoms with Gasteiger partial charge in [0, 0.05) is 30.4 Å². The number of amides is 2. The maximum atomic E-state index is 14.3. The molecule has 4 rings (SSSR count). The summed E-state index contributed by atoms with van der Waals surface area (Å²) in [4.78, 5) is 44.6. The van der Waals surface area contributed by atoms with Gasteiger partial charge in [-0.3, -0.25) is 14.4 Å². The zero-order chi connectivity index (χ0) is 27.3. The largest absolute Gasteiger partial charge is 0.465 e. The van der Waals surface area contributed by atoms with Crippen LogP contribution in [0.5, 0.6) is 0 Å². The SMILES string of the molecule is C=CCCCCOC(=O)[C@@H]1[C@H]2C(=O)N(CCCCO)C(C(=O)N(CC=C)c3ccc(Cl)cc3)C23CC[C@H]1O3. The van der Waals surface area contributed by atoms with Crippen molar-refractivity contribution in [3.8, 4) is 0 Å². The Kier molecular flexibility index (Phi) is 9.28. The minimum absolute atomic E-state index is 0.0119. The number of hydrogen-bond acceptors (Lipinski definition) is 6. The highest BCUT2D eigenvalue weighted by Gasteiger charge is 2.75. The van der Waals surface area contributed by atoms with E-state index < -0.39 is 35.6 Å². The first kappa shape index (κ1) is 28.3. The molecule has 9 heteroatoms. The van der Waals surface area contributed by atoms with Crippen molar-refractivity contribution in [1.82, 2.24) is 4.90 Å². The third kappa shape index (κ3) is 5.26. The fourth-order valence-corrected chi connectivity index (χ4v) is 6.34. The van der Waals surface area contributed by atoms with Crippen molar-refractivity contribution >= 4 is 35.1 Å². The van der Waals surface area contributed by atoms with Gasteiger partial charge in [0.15, 0.2) is 0 Å². The monoisotopic (exact) mass is 544 g/mol. The highest BCUT2D eigenvalue weighted by Crippen LogP contribution is 2.59. The number of carbonyl (C=O) groups excluding carboxylic acids is 3. The van der Waals surface area contributed by atoms with E-state index in [9.17, 15) is 19.5 Å². The van der Waals surface area contributed by atoms with Crippen LogP contribution >= 0.6 is 11.6 Å². The molecule has 1 N–H and O–H groups in total. The topological polar surface area (TPSA) is 96.4 Å². The van der Waals surface area contributed by atoms with E-state index in [1.54, 1.807) is 40.1 Å². The number of nitrogens with zero attached hydrogens (tertiary/aromatic N) is 2. The van der Waals surface area contributed by atoms with Crippen LogP contribution in [-0.2, 0) is 23.9 Å². The van der Waals surface area contributed by atoms with E-state index >= 15 is 0 Å². The number of hydrogen-bond donors (Lipinski definition) is 1. The van der Waals surface area contributed by atoms with Crippen LogP contribution in [0.2, 0.25) is 5.02 Å². The number of carbonyl (C=O) groups is 3. The number of benzene rings is 1. The summed E-state index contributed by atoms with van der Waals surface area (Å²) < 4.78 is 12.1. The average molecular weight is 545 g/mol. The number of aliphatic hydroxyl groups excluding tert-OH is 1. The van der Waals surface area contributed by atoms with Crippen molar-refractivity contribution < 1.29 is 29.0 Å². The lowest BCUT2D eigenvalue weighted by molar-refractivity contribution is -0.155. The number of rotatable bonds is 14. The number of esters is 1. The highest BCUT2D eigenvalue weighted by atomic mass is 35.5. The molecule has 8 nitrogen and oxygen atoms in total. The van der Waals surface area contributed by atoms with Crippen molar-refractivity contribution in [1.29, 1.82) is 0 Å². The van der Waals surface area contributed by atoms with Crippen molar-refractivity contribution in [2.24, 2.45) is 11.8 Å².